The minimum absolute atomic E-state index is 0.0363. The van der Waals surface area contributed by atoms with Crippen molar-refractivity contribution in [1.82, 2.24) is 15.3 Å². The number of hydrogen-bond donors (Lipinski definition) is 2. The van der Waals surface area contributed by atoms with Crippen LogP contribution in [0.25, 0.3) is 10.2 Å². The highest BCUT2D eigenvalue weighted by Crippen LogP contribution is 2.41. The first-order valence-electron chi connectivity index (χ1n) is 11.6. The van der Waals surface area contributed by atoms with E-state index in [9.17, 15) is 9.59 Å². The molecule has 5 nitrogen and oxygen atoms in total. The van der Waals surface area contributed by atoms with Crippen molar-refractivity contribution >= 4 is 27.5 Å². The Hall–Kier alpha value is -2.47. The van der Waals surface area contributed by atoms with Crippen molar-refractivity contribution in [3.63, 3.8) is 0 Å². The van der Waals surface area contributed by atoms with E-state index in [0.29, 0.717) is 31.1 Å². The molecule has 0 radical (unpaired) electrons. The third kappa shape index (κ3) is 4.96. The minimum Gasteiger partial charge on any atom is -0.352 e. The maximum absolute atomic E-state index is 12.8. The van der Waals surface area contributed by atoms with E-state index < -0.39 is 0 Å². The third-order valence-electron chi connectivity index (χ3n) is 6.70. The van der Waals surface area contributed by atoms with E-state index in [1.807, 2.05) is 0 Å². The number of H-pyrrole nitrogens is 1. The number of thiophene rings is 1. The number of amides is 1. The van der Waals surface area contributed by atoms with Crippen molar-refractivity contribution in [2.75, 3.05) is 0 Å². The highest BCUT2D eigenvalue weighted by atomic mass is 32.1. The van der Waals surface area contributed by atoms with Crippen LogP contribution in [-0.4, -0.2) is 15.9 Å². The molecule has 1 aromatic carbocycles. The smallest absolute Gasteiger partial charge is 0.259 e. The number of fused-ring (bicyclic) bond motifs is 3. The van der Waals surface area contributed by atoms with Crippen LogP contribution in [0.5, 0.6) is 0 Å². The van der Waals surface area contributed by atoms with Crippen molar-refractivity contribution in [1.29, 1.82) is 0 Å². The van der Waals surface area contributed by atoms with Crippen molar-refractivity contribution in [2.45, 2.75) is 72.8 Å². The summed E-state index contributed by atoms with van der Waals surface area (Å²) >= 11 is 1.66. The molecule has 3 aromatic rings. The average Bonchev–Trinajstić information content (AvgIpc) is 3.14. The number of aromatic nitrogens is 2. The summed E-state index contributed by atoms with van der Waals surface area (Å²) in [5.74, 6) is 1.19. The number of carbonyl (C=O) groups excluding carboxylic acids is 1. The molecule has 1 atom stereocenters. The third-order valence-corrected chi connectivity index (χ3v) is 7.85. The lowest BCUT2D eigenvalue weighted by atomic mass is 9.72. The van der Waals surface area contributed by atoms with Gasteiger partial charge in [-0.15, -0.1) is 11.3 Å². The van der Waals surface area contributed by atoms with Gasteiger partial charge in [0.05, 0.1) is 5.39 Å². The second-order valence-corrected chi connectivity index (χ2v) is 11.0. The molecule has 32 heavy (non-hydrogen) atoms. The predicted molar refractivity (Wildman–Crippen MR) is 131 cm³/mol. The number of nitrogens with one attached hydrogen (secondary N) is 2. The van der Waals surface area contributed by atoms with Crippen molar-refractivity contribution in [3.8, 4) is 0 Å². The van der Waals surface area contributed by atoms with E-state index in [2.05, 4.69) is 62.3 Å². The molecule has 0 fully saturated rings. The van der Waals surface area contributed by atoms with E-state index in [4.69, 9.17) is 4.98 Å². The molecule has 0 aliphatic heterocycles. The molecule has 2 N–H and O–H groups in total. The Morgan fingerprint density at radius 3 is 2.62 bits per heavy atom. The van der Waals surface area contributed by atoms with Crippen LogP contribution in [0.4, 0.5) is 0 Å². The monoisotopic (exact) mass is 451 g/mol. The fourth-order valence-electron chi connectivity index (χ4n) is 4.50. The summed E-state index contributed by atoms with van der Waals surface area (Å²) in [5.41, 5.74) is 3.77. The number of benzene rings is 1. The van der Waals surface area contributed by atoms with Crippen molar-refractivity contribution < 1.29 is 4.79 Å². The Morgan fingerprint density at radius 2 is 1.94 bits per heavy atom. The summed E-state index contributed by atoms with van der Waals surface area (Å²) in [6.07, 6.45) is 4.83. The molecule has 0 saturated heterocycles. The van der Waals surface area contributed by atoms with Gasteiger partial charge in [0.2, 0.25) is 5.91 Å². The van der Waals surface area contributed by atoms with Crippen LogP contribution in [0, 0.1) is 11.3 Å². The fraction of sp³-hybridized carbons (Fsp3) is 0.500. The van der Waals surface area contributed by atoms with E-state index in [-0.39, 0.29) is 16.9 Å². The molecular weight excluding hydrogens is 418 g/mol. The van der Waals surface area contributed by atoms with Gasteiger partial charge in [0.1, 0.15) is 10.7 Å². The van der Waals surface area contributed by atoms with Crippen LogP contribution in [0.2, 0.25) is 0 Å². The zero-order valence-corrected chi connectivity index (χ0v) is 20.3. The Kier molecular flexibility index (Phi) is 6.52. The molecule has 0 saturated carbocycles. The number of carbonyl (C=O) groups is 1. The van der Waals surface area contributed by atoms with E-state index in [1.165, 1.54) is 16.0 Å². The van der Waals surface area contributed by atoms with Crippen LogP contribution < -0.4 is 10.9 Å². The van der Waals surface area contributed by atoms with Gasteiger partial charge in [-0.1, -0.05) is 52.0 Å². The van der Waals surface area contributed by atoms with Crippen molar-refractivity contribution in [2.24, 2.45) is 11.3 Å². The SMILES string of the molecule is CCc1ccc(CNC(=O)CCc2nc3sc4c(c3c(=O)[nH]2)CC[C@@H](C(C)(C)C)C4)cc1. The second kappa shape index (κ2) is 9.18. The number of nitrogens with zero attached hydrogens (tertiary/aromatic N) is 1. The quantitative estimate of drug-likeness (QED) is 0.557. The van der Waals surface area contributed by atoms with E-state index >= 15 is 0 Å². The van der Waals surface area contributed by atoms with Gasteiger partial charge in [0.25, 0.3) is 5.56 Å². The predicted octanol–water partition coefficient (Wildman–Crippen LogP) is 4.95. The van der Waals surface area contributed by atoms with Gasteiger partial charge in [-0.2, -0.15) is 0 Å². The maximum Gasteiger partial charge on any atom is 0.259 e. The zero-order valence-electron chi connectivity index (χ0n) is 19.5. The largest absolute Gasteiger partial charge is 0.352 e. The fourth-order valence-corrected chi connectivity index (χ4v) is 5.82. The first-order chi connectivity index (χ1) is 15.2. The number of rotatable bonds is 6. The van der Waals surface area contributed by atoms with Gasteiger partial charge in [0.15, 0.2) is 0 Å². The molecule has 1 aliphatic carbocycles. The molecule has 4 rings (SSSR count). The molecule has 2 heterocycles. The topological polar surface area (TPSA) is 74.8 Å². The van der Waals surface area contributed by atoms with E-state index in [1.54, 1.807) is 11.3 Å². The highest BCUT2D eigenvalue weighted by molar-refractivity contribution is 7.18. The lowest BCUT2D eigenvalue weighted by Gasteiger charge is -2.33. The molecule has 6 heteroatoms. The molecule has 0 unspecified atom stereocenters. The second-order valence-electron chi connectivity index (χ2n) is 9.95. The zero-order chi connectivity index (χ0) is 22.9. The molecule has 0 spiro atoms. The Balaban J connectivity index is 1.40. The average molecular weight is 452 g/mol. The molecule has 2 aromatic heterocycles. The highest BCUT2D eigenvalue weighted by Gasteiger charge is 2.31. The van der Waals surface area contributed by atoms with Gasteiger partial charge in [-0.3, -0.25) is 9.59 Å². The number of hydrogen-bond acceptors (Lipinski definition) is 4. The number of aromatic amines is 1. The van der Waals surface area contributed by atoms with Gasteiger partial charge in [-0.25, -0.2) is 4.98 Å². The maximum atomic E-state index is 12.8. The Morgan fingerprint density at radius 1 is 1.22 bits per heavy atom. The summed E-state index contributed by atoms with van der Waals surface area (Å²) in [5, 5.41) is 3.73. The van der Waals surface area contributed by atoms with Gasteiger partial charge >= 0.3 is 0 Å². The molecule has 0 bridgehead atoms. The molecule has 170 valence electrons. The normalized spacial score (nSPS) is 16.2. The molecular formula is C26H33N3O2S. The number of aryl methyl sites for hydroxylation is 3. The van der Waals surface area contributed by atoms with Gasteiger partial charge < -0.3 is 10.3 Å². The summed E-state index contributed by atoms with van der Waals surface area (Å²) < 4.78 is 0. The van der Waals surface area contributed by atoms with Crippen molar-refractivity contribution in [3.05, 3.63) is 62.0 Å². The first-order valence-corrected chi connectivity index (χ1v) is 12.4. The van der Waals surface area contributed by atoms with Crippen LogP contribution >= 0.6 is 11.3 Å². The molecule has 1 amide bonds. The summed E-state index contributed by atoms with van der Waals surface area (Å²) in [6.45, 7) is 9.53. The van der Waals surface area contributed by atoms with Gasteiger partial charge in [0, 0.05) is 24.3 Å². The Bertz CT molecular complexity index is 1170. The Labute approximate surface area is 193 Å². The van der Waals surface area contributed by atoms with Crippen LogP contribution in [0.15, 0.2) is 29.1 Å². The van der Waals surface area contributed by atoms with Crippen LogP contribution in [0.3, 0.4) is 0 Å². The summed E-state index contributed by atoms with van der Waals surface area (Å²) in [4.78, 5) is 34.9. The first kappa shape index (κ1) is 22.7. The lowest BCUT2D eigenvalue weighted by molar-refractivity contribution is -0.121. The molecule has 1 aliphatic rings. The minimum atomic E-state index is -0.0619. The van der Waals surface area contributed by atoms with Gasteiger partial charge in [-0.05, 0) is 53.7 Å². The standard InChI is InChI=1S/C26H33N3O2S/c1-5-16-6-8-17(9-7-16)15-27-22(30)13-12-21-28-24(31)23-19-11-10-18(26(2,3)4)14-20(19)32-25(23)29-21/h6-9,18H,5,10-15H2,1-4H3,(H,27,30)(H,28,29,31)/t18-/m1/s1. The summed E-state index contributed by atoms with van der Waals surface area (Å²) in [7, 11) is 0. The van der Waals surface area contributed by atoms with E-state index in [0.717, 1.165) is 41.5 Å². The lowest BCUT2D eigenvalue weighted by Crippen LogP contribution is -2.26. The van der Waals surface area contributed by atoms with Crippen LogP contribution in [-0.2, 0) is 37.0 Å². The summed E-state index contributed by atoms with van der Waals surface area (Å²) in [6, 6.07) is 8.29. The van der Waals surface area contributed by atoms with Crippen LogP contribution in [0.1, 0.15) is 67.9 Å².